The number of ether oxygens (including phenoxy) is 1. The maximum absolute atomic E-state index is 13.2. The fourth-order valence-corrected chi connectivity index (χ4v) is 3.55. The van der Waals surface area contributed by atoms with E-state index >= 15 is 0 Å². The maximum atomic E-state index is 13.2. The first-order valence-corrected chi connectivity index (χ1v) is 10.7. The molecule has 1 amide bonds. The molecule has 0 radical (unpaired) electrons. The Kier molecular flexibility index (Phi) is 5.52. The monoisotopic (exact) mass is 420 g/mol. The number of rotatable bonds is 7. The van der Waals surface area contributed by atoms with Crippen LogP contribution in [0.1, 0.15) is 35.5 Å². The van der Waals surface area contributed by atoms with Crippen molar-refractivity contribution in [1.29, 1.82) is 0 Å². The van der Waals surface area contributed by atoms with Gasteiger partial charge in [0, 0.05) is 17.9 Å². The number of amides is 1. The summed E-state index contributed by atoms with van der Waals surface area (Å²) < 4.78 is 50.5. The zero-order valence-corrected chi connectivity index (χ0v) is 17.0. The van der Waals surface area contributed by atoms with E-state index in [1.54, 1.807) is 26.0 Å². The van der Waals surface area contributed by atoms with E-state index in [1.165, 1.54) is 24.3 Å². The van der Waals surface area contributed by atoms with E-state index in [-0.39, 0.29) is 40.9 Å². The predicted octanol–water partition coefficient (Wildman–Crippen LogP) is 3.42. The van der Waals surface area contributed by atoms with Gasteiger partial charge < -0.3 is 14.9 Å². The highest BCUT2D eigenvalue weighted by Gasteiger charge is 2.22. The number of carbonyl (C=O) groups excluding carboxylic acids is 1. The van der Waals surface area contributed by atoms with Crippen LogP contribution in [0.3, 0.4) is 0 Å². The van der Waals surface area contributed by atoms with Gasteiger partial charge in [-0.3, -0.25) is 9.52 Å². The zero-order valence-electron chi connectivity index (χ0n) is 16.2. The first-order chi connectivity index (χ1) is 13.5. The molecule has 0 saturated heterocycles. The number of fused-ring (bicyclic) bond motifs is 1. The fraction of sp³-hybridized carbons (Fsp3) is 0.250. The molecule has 0 spiro atoms. The van der Waals surface area contributed by atoms with Crippen LogP contribution < -0.4 is 15.2 Å². The van der Waals surface area contributed by atoms with Crippen LogP contribution in [0.2, 0.25) is 0 Å². The lowest BCUT2D eigenvalue weighted by molar-refractivity contribution is 0.1000. The quantitative estimate of drug-likeness (QED) is 0.608. The largest absolute Gasteiger partial charge is 0.489 e. The molecule has 2 aromatic carbocycles. The average molecular weight is 420 g/mol. The summed E-state index contributed by atoms with van der Waals surface area (Å²) in [7, 11) is -3.58. The number of sulfonamides is 1. The van der Waals surface area contributed by atoms with Crippen molar-refractivity contribution in [2.75, 3.05) is 11.0 Å². The molecule has 0 aliphatic heterocycles. The van der Waals surface area contributed by atoms with Gasteiger partial charge in [-0.15, -0.1) is 0 Å². The van der Waals surface area contributed by atoms with E-state index in [0.29, 0.717) is 11.1 Å². The second-order valence-corrected chi connectivity index (χ2v) is 8.70. The molecule has 0 aliphatic carbocycles. The van der Waals surface area contributed by atoms with Gasteiger partial charge in [0.05, 0.1) is 23.6 Å². The van der Waals surface area contributed by atoms with E-state index in [2.05, 4.69) is 4.72 Å². The third kappa shape index (κ3) is 4.86. The lowest BCUT2D eigenvalue weighted by Gasteiger charge is -2.15. The molecular weight excluding hydrogens is 399 g/mol. The number of furan rings is 1. The molecule has 1 heterocycles. The molecule has 0 unspecified atom stereocenters. The number of primary amides is 1. The summed E-state index contributed by atoms with van der Waals surface area (Å²) in [5.74, 6) is -0.527. The minimum absolute atomic E-state index is 0.170. The molecule has 0 atom stereocenters. The Morgan fingerprint density at radius 1 is 1.24 bits per heavy atom. The molecule has 0 bridgehead atoms. The van der Waals surface area contributed by atoms with Gasteiger partial charge in [0.1, 0.15) is 22.9 Å². The lowest BCUT2D eigenvalue weighted by atomic mass is 10.0. The minimum atomic E-state index is -3.58. The van der Waals surface area contributed by atoms with E-state index in [9.17, 15) is 17.6 Å². The first-order valence-electron chi connectivity index (χ1n) is 8.81. The highest BCUT2D eigenvalue weighted by molar-refractivity contribution is 7.92. The van der Waals surface area contributed by atoms with Crippen molar-refractivity contribution in [3.63, 3.8) is 0 Å². The first kappa shape index (κ1) is 20.7. The number of hydrogen-bond acceptors (Lipinski definition) is 5. The van der Waals surface area contributed by atoms with Gasteiger partial charge in [-0.25, -0.2) is 12.8 Å². The number of anilines is 1. The fourth-order valence-electron chi connectivity index (χ4n) is 2.99. The Labute approximate surface area is 167 Å². The molecule has 0 saturated carbocycles. The summed E-state index contributed by atoms with van der Waals surface area (Å²) in [6, 6.07) is 8.76. The van der Waals surface area contributed by atoms with Gasteiger partial charge in [0.15, 0.2) is 0 Å². The number of nitrogens with one attached hydrogen (secondary N) is 1. The summed E-state index contributed by atoms with van der Waals surface area (Å²) in [5.41, 5.74) is 6.94. The van der Waals surface area contributed by atoms with Crippen molar-refractivity contribution in [3.05, 3.63) is 59.1 Å². The average Bonchev–Trinajstić information content (AvgIpc) is 2.92. The van der Waals surface area contributed by atoms with E-state index in [0.717, 1.165) is 11.8 Å². The van der Waals surface area contributed by atoms with Crippen molar-refractivity contribution >= 4 is 32.6 Å². The molecular formula is C20H21FN2O5S. The molecule has 0 aliphatic rings. The van der Waals surface area contributed by atoms with Crippen LogP contribution in [0.4, 0.5) is 10.1 Å². The Hall–Kier alpha value is -3.07. The van der Waals surface area contributed by atoms with Crippen molar-refractivity contribution in [1.82, 2.24) is 0 Å². The van der Waals surface area contributed by atoms with Crippen molar-refractivity contribution in [3.8, 4) is 5.75 Å². The number of hydrogen-bond donors (Lipinski definition) is 2. The summed E-state index contributed by atoms with van der Waals surface area (Å²) in [4.78, 5) is 12.1. The van der Waals surface area contributed by atoms with Gasteiger partial charge in [-0.1, -0.05) is 12.1 Å². The van der Waals surface area contributed by atoms with Gasteiger partial charge >= 0.3 is 0 Å². The van der Waals surface area contributed by atoms with Crippen LogP contribution in [0, 0.1) is 5.82 Å². The molecule has 9 heteroatoms. The van der Waals surface area contributed by atoms with Gasteiger partial charge in [0.2, 0.25) is 10.0 Å². The van der Waals surface area contributed by atoms with Crippen LogP contribution in [0.25, 0.3) is 11.0 Å². The van der Waals surface area contributed by atoms with Crippen LogP contribution in [0.15, 0.2) is 40.8 Å². The molecule has 0 fully saturated rings. The van der Waals surface area contributed by atoms with Crippen molar-refractivity contribution in [2.45, 2.75) is 26.4 Å². The summed E-state index contributed by atoms with van der Waals surface area (Å²) in [6.45, 7) is 3.58. The number of benzene rings is 2. The number of halogens is 1. The van der Waals surface area contributed by atoms with E-state index in [1.807, 2.05) is 0 Å². The highest BCUT2D eigenvalue weighted by atomic mass is 32.2. The second kappa shape index (κ2) is 7.75. The Morgan fingerprint density at radius 3 is 2.45 bits per heavy atom. The topological polar surface area (TPSA) is 112 Å². The van der Waals surface area contributed by atoms with Crippen molar-refractivity contribution in [2.24, 2.45) is 5.73 Å². The Bertz CT molecular complexity index is 1170. The van der Waals surface area contributed by atoms with Crippen LogP contribution >= 0.6 is 0 Å². The summed E-state index contributed by atoms with van der Waals surface area (Å²) in [6.07, 6.45) is 0.991. The normalized spacial score (nSPS) is 11.8. The van der Waals surface area contributed by atoms with Crippen LogP contribution in [-0.2, 0) is 16.4 Å². The Balaban J connectivity index is 2.16. The smallest absolute Gasteiger partial charge is 0.252 e. The van der Waals surface area contributed by atoms with Crippen LogP contribution in [-0.4, -0.2) is 26.7 Å². The molecule has 3 aromatic rings. The van der Waals surface area contributed by atoms with Gasteiger partial charge in [-0.05, 0) is 37.6 Å². The third-order valence-corrected chi connectivity index (χ3v) is 4.64. The standard InChI is InChI=1S/C20H21FN2O5S/c1-11(2)27-17-9-14-16(10-15(17)23-29(3,25)26)28-18(19(14)20(22)24)8-12-4-6-13(21)7-5-12/h4-7,9-11,23H,8H2,1-3H3,(H2,22,24). The second-order valence-electron chi connectivity index (χ2n) is 6.95. The molecule has 3 rings (SSSR count). The number of nitrogens with two attached hydrogens (primary N) is 1. The van der Waals surface area contributed by atoms with Crippen molar-refractivity contribution < 1.29 is 26.8 Å². The summed E-state index contributed by atoms with van der Waals surface area (Å²) in [5, 5.41) is 0.407. The maximum Gasteiger partial charge on any atom is 0.252 e. The van der Waals surface area contributed by atoms with E-state index in [4.69, 9.17) is 14.9 Å². The van der Waals surface area contributed by atoms with Gasteiger partial charge in [0.25, 0.3) is 5.91 Å². The third-order valence-electron chi connectivity index (χ3n) is 4.05. The molecule has 3 N–H and O–H groups in total. The molecule has 154 valence electrons. The Morgan fingerprint density at radius 2 is 1.90 bits per heavy atom. The predicted molar refractivity (Wildman–Crippen MR) is 108 cm³/mol. The lowest BCUT2D eigenvalue weighted by Crippen LogP contribution is -2.14. The highest BCUT2D eigenvalue weighted by Crippen LogP contribution is 2.36. The molecule has 1 aromatic heterocycles. The zero-order chi connectivity index (χ0) is 21.3. The number of carbonyl (C=O) groups is 1. The van der Waals surface area contributed by atoms with E-state index < -0.39 is 15.9 Å². The summed E-state index contributed by atoms with van der Waals surface area (Å²) >= 11 is 0. The van der Waals surface area contributed by atoms with Gasteiger partial charge in [-0.2, -0.15) is 0 Å². The molecule has 7 nitrogen and oxygen atoms in total. The SMILES string of the molecule is CC(C)Oc1cc2c(C(N)=O)c(Cc3ccc(F)cc3)oc2cc1NS(C)(=O)=O. The molecule has 29 heavy (non-hydrogen) atoms. The minimum Gasteiger partial charge on any atom is -0.489 e. The van der Waals surface area contributed by atoms with Crippen LogP contribution in [0.5, 0.6) is 5.75 Å².